The minimum atomic E-state index is -4.18. The van der Waals surface area contributed by atoms with Crippen molar-refractivity contribution in [1.29, 1.82) is 0 Å². The highest BCUT2D eigenvalue weighted by Gasteiger charge is 2.29. The van der Waals surface area contributed by atoms with Crippen molar-refractivity contribution in [3.8, 4) is 0 Å². The number of benzene rings is 2. The lowest BCUT2D eigenvalue weighted by Crippen LogP contribution is -2.47. The van der Waals surface area contributed by atoms with Gasteiger partial charge in [0.15, 0.2) is 0 Å². The van der Waals surface area contributed by atoms with Gasteiger partial charge in [0.25, 0.3) is 5.91 Å². The molecule has 2 aromatic carbocycles. The van der Waals surface area contributed by atoms with Crippen LogP contribution in [0.3, 0.4) is 0 Å². The number of nitrogens with zero attached hydrogens (tertiary/aromatic N) is 2. The molecule has 2 heterocycles. The maximum atomic E-state index is 14.0. The number of alkyl halides is 3. The van der Waals surface area contributed by atoms with Crippen molar-refractivity contribution >= 4 is 28.9 Å². The average Bonchev–Trinajstić information content (AvgIpc) is 3.36. The lowest BCUT2D eigenvalue weighted by molar-refractivity contribution is -0.138. The van der Waals surface area contributed by atoms with Gasteiger partial charge in [0.2, 0.25) is 0 Å². The molecule has 2 aromatic rings. The Bertz CT molecular complexity index is 1050. The molecular formula is C25H30ClF4N5O. The first-order valence-corrected chi connectivity index (χ1v) is 12.4. The van der Waals surface area contributed by atoms with Crippen LogP contribution in [0.1, 0.15) is 28.8 Å². The Balaban J connectivity index is 1.44. The monoisotopic (exact) mass is 527 g/mol. The predicted molar refractivity (Wildman–Crippen MR) is 133 cm³/mol. The van der Waals surface area contributed by atoms with Gasteiger partial charge in [0.1, 0.15) is 5.82 Å². The molecule has 6 nitrogen and oxygen atoms in total. The fourth-order valence-electron chi connectivity index (χ4n) is 4.57. The number of amides is 1. The molecule has 2 fully saturated rings. The zero-order valence-corrected chi connectivity index (χ0v) is 20.6. The zero-order chi connectivity index (χ0) is 25.7. The van der Waals surface area contributed by atoms with Crippen LogP contribution in [0.2, 0.25) is 5.02 Å². The van der Waals surface area contributed by atoms with Gasteiger partial charge >= 0.3 is 6.18 Å². The first kappa shape index (κ1) is 26.7. The highest BCUT2D eigenvalue weighted by atomic mass is 35.5. The van der Waals surface area contributed by atoms with Crippen LogP contribution in [0.5, 0.6) is 0 Å². The van der Waals surface area contributed by atoms with Crippen LogP contribution >= 0.6 is 11.6 Å². The number of carbonyl (C=O) groups is 1. The molecular weight excluding hydrogens is 498 g/mol. The van der Waals surface area contributed by atoms with Gasteiger partial charge in [-0.05, 0) is 54.9 Å². The van der Waals surface area contributed by atoms with Crippen LogP contribution in [0.25, 0.3) is 0 Å². The quantitative estimate of drug-likeness (QED) is 0.448. The summed E-state index contributed by atoms with van der Waals surface area (Å²) < 4.78 is 51.7. The second kappa shape index (κ2) is 11.8. The Kier molecular flexibility index (Phi) is 8.71. The number of carbonyl (C=O) groups excluding carboxylic acids is 1. The maximum absolute atomic E-state index is 14.0. The Morgan fingerprint density at radius 1 is 1.11 bits per heavy atom. The molecule has 3 N–H and O–H groups in total. The molecule has 2 aliphatic heterocycles. The molecule has 1 atom stereocenters. The summed E-state index contributed by atoms with van der Waals surface area (Å²) in [6.45, 7) is 4.03. The van der Waals surface area contributed by atoms with Crippen LogP contribution in [-0.2, 0) is 6.54 Å². The smallest absolute Gasteiger partial charge is 0.367 e. The molecule has 11 heteroatoms. The van der Waals surface area contributed by atoms with Gasteiger partial charge in [-0.15, -0.1) is 0 Å². The van der Waals surface area contributed by atoms with E-state index in [0.29, 0.717) is 60.2 Å². The summed E-state index contributed by atoms with van der Waals surface area (Å²) in [7, 11) is 0. The summed E-state index contributed by atoms with van der Waals surface area (Å²) >= 11 is 6.23. The largest absolute Gasteiger partial charge is 0.390 e. The lowest BCUT2D eigenvalue weighted by atomic mass is 10.1. The Labute approximate surface area is 213 Å². The van der Waals surface area contributed by atoms with Crippen LogP contribution in [-0.4, -0.2) is 68.8 Å². The van der Waals surface area contributed by atoms with E-state index in [1.807, 2.05) is 4.90 Å². The first-order valence-electron chi connectivity index (χ1n) is 12.1. The molecule has 2 aliphatic rings. The topological polar surface area (TPSA) is 59.6 Å². The average molecular weight is 528 g/mol. The fourth-order valence-corrected chi connectivity index (χ4v) is 4.74. The third-order valence-electron chi connectivity index (χ3n) is 6.59. The van der Waals surface area contributed by atoms with Gasteiger partial charge in [0.05, 0.1) is 17.8 Å². The third-order valence-corrected chi connectivity index (χ3v) is 6.82. The van der Waals surface area contributed by atoms with Crippen molar-refractivity contribution in [1.82, 2.24) is 15.5 Å². The molecule has 0 bridgehead atoms. The maximum Gasteiger partial charge on any atom is 0.390 e. The van der Waals surface area contributed by atoms with Crippen LogP contribution in [0.4, 0.5) is 28.9 Å². The van der Waals surface area contributed by atoms with Gasteiger partial charge in [0, 0.05) is 62.4 Å². The van der Waals surface area contributed by atoms with Crippen LogP contribution in [0, 0.1) is 5.82 Å². The van der Waals surface area contributed by atoms with E-state index < -0.39 is 18.4 Å². The molecule has 1 amide bonds. The van der Waals surface area contributed by atoms with Crippen LogP contribution in [0.15, 0.2) is 36.4 Å². The Hall–Kier alpha value is -2.40. The van der Waals surface area contributed by atoms with E-state index in [9.17, 15) is 22.4 Å². The molecule has 196 valence electrons. The SMILES string of the molecule is O=C(Nc1ccc(Cl)cc1N1CCN(CCC(F)(F)F)CC1)c1ccc(F)cc1CNC1CCNC1. The number of hydrogen-bond acceptors (Lipinski definition) is 5. The first-order chi connectivity index (χ1) is 17.2. The van der Waals surface area contributed by atoms with E-state index in [2.05, 4.69) is 16.0 Å². The van der Waals surface area contributed by atoms with E-state index >= 15 is 0 Å². The zero-order valence-electron chi connectivity index (χ0n) is 19.8. The summed E-state index contributed by atoms with van der Waals surface area (Å²) in [5.41, 5.74) is 2.17. The fraction of sp³-hybridized carbons (Fsp3) is 0.480. The molecule has 0 aliphatic carbocycles. The molecule has 4 rings (SSSR count). The van der Waals surface area contributed by atoms with Crippen molar-refractivity contribution in [3.63, 3.8) is 0 Å². The number of nitrogens with one attached hydrogen (secondary N) is 3. The molecule has 0 spiro atoms. The standard InChI is InChI=1S/C25H30ClF4N5O/c26-18-1-4-22(23(14-18)35-11-9-34(10-12-35)8-6-25(28,29)30)33-24(36)21-3-2-19(27)13-17(21)15-32-20-5-7-31-16-20/h1-4,13-14,20,31-32H,5-12,15-16H2,(H,33,36). The minimum Gasteiger partial charge on any atom is -0.367 e. The number of hydrogen-bond donors (Lipinski definition) is 3. The second-order valence-corrected chi connectivity index (χ2v) is 9.62. The molecule has 0 aromatic heterocycles. The van der Waals surface area contributed by atoms with Crippen molar-refractivity contribution < 1.29 is 22.4 Å². The Morgan fingerprint density at radius 3 is 2.58 bits per heavy atom. The van der Waals surface area contributed by atoms with Gasteiger partial charge in [-0.3, -0.25) is 9.69 Å². The summed E-state index contributed by atoms with van der Waals surface area (Å²) in [5.74, 6) is -0.785. The van der Waals surface area contributed by atoms with Gasteiger partial charge < -0.3 is 20.9 Å². The predicted octanol–water partition coefficient (Wildman–Crippen LogP) is 4.26. The molecule has 2 saturated heterocycles. The highest BCUT2D eigenvalue weighted by Crippen LogP contribution is 2.31. The van der Waals surface area contributed by atoms with Crippen molar-refractivity contribution in [2.24, 2.45) is 0 Å². The number of halogens is 5. The highest BCUT2D eigenvalue weighted by molar-refractivity contribution is 6.31. The summed E-state index contributed by atoms with van der Waals surface area (Å²) in [5, 5.41) is 10.0. The number of piperazine rings is 1. The second-order valence-electron chi connectivity index (χ2n) is 9.18. The lowest BCUT2D eigenvalue weighted by Gasteiger charge is -2.37. The molecule has 0 radical (unpaired) electrons. The number of rotatable bonds is 8. The number of anilines is 2. The normalized spacial score (nSPS) is 19.0. The van der Waals surface area contributed by atoms with E-state index in [-0.39, 0.29) is 18.5 Å². The van der Waals surface area contributed by atoms with Crippen LogP contribution < -0.4 is 20.9 Å². The molecule has 36 heavy (non-hydrogen) atoms. The van der Waals surface area contributed by atoms with Gasteiger partial charge in [-0.1, -0.05) is 11.6 Å². The third kappa shape index (κ3) is 7.32. The van der Waals surface area contributed by atoms with E-state index in [1.54, 1.807) is 23.1 Å². The van der Waals surface area contributed by atoms with E-state index in [0.717, 1.165) is 19.5 Å². The van der Waals surface area contributed by atoms with Gasteiger partial charge in [-0.2, -0.15) is 13.2 Å². The van der Waals surface area contributed by atoms with Gasteiger partial charge in [-0.25, -0.2) is 4.39 Å². The minimum absolute atomic E-state index is 0.0330. The van der Waals surface area contributed by atoms with Crippen molar-refractivity contribution in [2.45, 2.75) is 31.6 Å². The Morgan fingerprint density at radius 2 is 1.89 bits per heavy atom. The van der Waals surface area contributed by atoms with Crippen molar-refractivity contribution in [3.05, 3.63) is 58.4 Å². The van der Waals surface area contributed by atoms with E-state index in [1.165, 1.54) is 18.2 Å². The summed E-state index contributed by atoms with van der Waals surface area (Å²) in [4.78, 5) is 17.0. The molecule has 1 unspecified atom stereocenters. The summed E-state index contributed by atoms with van der Waals surface area (Å²) in [6.07, 6.45) is -4.05. The van der Waals surface area contributed by atoms with Crippen molar-refractivity contribution in [2.75, 3.05) is 56.0 Å². The molecule has 0 saturated carbocycles. The summed E-state index contributed by atoms with van der Waals surface area (Å²) in [6, 6.07) is 9.48. The van der Waals surface area contributed by atoms with E-state index in [4.69, 9.17) is 11.6 Å².